The van der Waals surface area contributed by atoms with Crippen molar-refractivity contribution in [1.82, 2.24) is 29.9 Å². The second-order valence-electron chi connectivity index (χ2n) is 6.13. The van der Waals surface area contributed by atoms with E-state index in [0.717, 1.165) is 56.6 Å². The summed E-state index contributed by atoms with van der Waals surface area (Å²) in [6.45, 7) is 9.36. The van der Waals surface area contributed by atoms with Gasteiger partial charge in [-0.3, -0.25) is 0 Å². The van der Waals surface area contributed by atoms with Crippen molar-refractivity contribution in [2.45, 2.75) is 39.8 Å². The highest BCUT2D eigenvalue weighted by molar-refractivity contribution is 5.80. The third-order valence-corrected chi connectivity index (χ3v) is 4.50. The molecule has 138 valence electrons. The molecular weight excluding hydrogens is 322 g/mol. The van der Waals surface area contributed by atoms with E-state index in [0.29, 0.717) is 26.2 Å². The maximum absolute atomic E-state index is 11.8. The van der Waals surface area contributed by atoms with E-state index in [9.17, 15) is 4.79 Å². The maximum atomic E-state index is 11.8. The van der Waals surface area contributed by atoms with Gasteiger partial charge in [-0.05, 0) is 20.3 Å². The Morgan fingerprint density at radius 2 is 1.92 bits per heavy atom. The number of fused-ring (bicyclic) bond motifs is 1. The third kappa shape index (κ3) is 4.02. The topological polar surface area (TPSA) is 87.9 Å². The molecule has 0 aromatic carbocycles. The largest absolute Gasteiger partial charge is 0.450 e. The van der Waals surface area contributed by atoms with E-state index in [1.54, 1.807) is 4.90 Å². The molecule has 9 heteroatoms. The van der Waals surface area contributed by atoms with E-state index in [4.69, 9.17) is 9.73 Å². The Hall–Kier alpha value is -2.32. The zero-order valence-corrected chi connectivity index (χ0v) is 15.1. The van der Waals surface area contributed by atoms with Crippen molar-refractivity contribution in [2.24, 2.45) is 4.99 Å². The van der Waals surface area contributed by atoms with Gasteiger partial charge in [-0.2, -0.15) is 0 Å². The quantitative estimate of drug-likeness (QED) is 0.628. The first kappa shape index (κ1) is 17.5. The molecule has 0 radical (unpaired) electrons. The van der Waals surface area contributed by atoms with Crippen molar-refractivity contribution < 1.29 is 9.53 Å². The number of aromatic nitrogens is 3. The summed E-state index contributed by atoms with van der Waals surface area (Å²) in [4.78, 5) is 20.5. The molecule has 0 aliphatic carbocycles. The minimum absolute atomic E-state index is 0.233. The lowest BCUT2D eigenvalue weighted by atomic mass is 10.3. The Morgan fingerprint density at radius 1 is 1.16 bits per heavy atom. The molecule has 0 bridgehead atoms. The molecule has 1 amide bonds. The van der Waals surface area contributed by atoms with Crippen molar-refractivity contribution in [3.8, 4) is 0 Å². The average Bonchev–Trinajstić information content (AvgIpc) is 3.23. The van der Waals surface area contributed by atoms with E-state index >= 15 is 0 Å². The zero-order chi connectivity index (χ0) is 17.6. The highest BCUT2D eigenvalue weighted by Gasteiger charge is 2.24. The van der Waals surface area contributed by atoms with Crippen LogP contribution in [0.4, 0.5) is 4.79 Å². The highest BCUT2D eigenvalue weighted by Crippen LogP contribution is 2.14. The molecule has 9 nitrogen and oxygen atoms in total. The molecule has 0 atom stereocenters. The molecular formula is C16H27N7O2. The van der Waals surface area contributed by atoms with Crippen LogP contribution in [0.3, 0.4) is 0 Å². The van der Waals surface area contributed by atoms with E-state index in [-0.39, 0.29) is 6.09 Å². The van der Waals surface area contributed by atoms with Crippen molar-refractivity contribution in [3.63, 3.8) is 0 Å². The standard InChI is InChI=1S/C16H27N7O2/c1-3-17-15(18-12-14-20-19-13-6-5-7-23(13)14)21-8-10-22(11-9-21)16(24)25-4-2/h3-12H2,1-2H3,(H,17,18). The fourth-order valence-electron chi connectivity index (χ4n) is 3.21. The number of ether oxygens (including phenoxy) is 1. The lowest BCUT2D eigenvalue weighted by molar-refractivity contribution is 0.0914. The number of aliphatic imine (C=N–C) groups is 1. The van der Waals surface area contributed by atoms with Gasteiger partial charge in [0.1, 0.15) is 12.4 Å². The first-order valence-electron chi connectivity index (χ1n) is 9.08. The molecule has 2 aliphatic heterocycles. The number of nitrogens with one attached hydrogen (secondary N) is 1. The summed E-state index contributed by atoms with van der Waals surface area (Å²) in [6.07, 6.45) is 1.91. The fourth-order valence-corrected chi connectivity index (χ4v) is 3.21. The maximum Gasteiger partial charge on any atom is 0.409 e. The number of hydrogen-bond acceptors (Lipinski definition) is 5. The molecule has 3 rings (SSSR count). The van der Waals surface area contributed by atoms with Crippen LogP contribution in [0, 0.1) is 0 Å². The number of piperazine rings is 1. The summed E-state index contributed by atoms with van der Waals surface area (Å²) in [6, 6.07) is 0. The van der Waals surface area contributed by atoms with Crippen LogP contribution < -0.4 is 5.32 Å². The first-order chi connectivity index (χ1) is 12.2. The Morgan fingerprint density at radius 3 is 2.64 bits per heavy atom. The van der Waals surface area contributed by atoms with E-state index < -0.39 is 0 Å². The van der Waals surface area contributed by atoms with Gasteiger partial charge in [-0.1, -0.05) is 0 Å². The average molecular weight is 349 g/mol. The summed E-state index contributed by atoms with van der Waals surface area (Å²) in [5, 5.41) is 11.8. The van der Waals surface area contributed by atoms with Crippen molar-refractivity contribution in [3.05, 3.63) is 11.6 Å². The second kappa shape index (κ2) is 8.17. The van der Waals surface area contributed by atoms with Gasteiger partial charge < -0.3 is 24.4 Å². The van der Waals surface area contributed by atoms with Crippen molar-refractivity contribution in [1.29, 1.82) is 0 Å². The number of nitrogens with zero attached hydrogens (tertiary/aromatic N) is 6. The van der Waals surface area contributed by atoms with Crippen LogP contribution in [0.2, 0.25) is 0 Å². The second-order valence-corrected chi connectivity index (χ2v) is 6.13. The van der Waals surface area contributed by atoms with Gasteiger partial charge in [-0.25, -0.2) is 9.79 Å². The molecule has 1 fully saturated rings. The highest BCUT2D eigenvalue weighted by atomic mass is 16.6. The number of hydrogen-bond donors (Lipinski definition) is 1. The van der Waals surface area contributed by atoms with Crippen LogP contribution >= 0.6 is 0 Å². The van der Waals surface area contributed by atoms with Gasteiger partial charge in [0.05, 0.1) is 6.61 Å². The molecule has 1 aromatic rings. The predicted molar refractivity (Wildman–Crippen MR) is 93.3 cm³/mol. The third-order valence-electron chi connectivity index (χ3n) is 4.50. The number of guanidine groups is 1. The molecule has 1 saturated heterocycles. The lowest BCUT2D eigenvalue weighted by Gasteiger charge is -2.35. The normalized spacial score (nSPS) is 17.6. The van der Waals surface area contributed by atoms with E-state index in [1.807, 2.05) is 6.92 Å². The van der Waals surface area contributed by atoms with Crippen LogP contribution in [-0.2, 0) is 24.2 Å². The smallest absolute Gasteiger partial charge is 0.409 e. The van der Waals surface area contributed by atoms with Gasteiger partial charge in [0.2, 0.25) is 0 Å². The molecule has 0 unspecified atom stereocenters. The Kier molecular flexibility index (Phi) is 5.72. The fraction of sp³-hybridized carbons (Fsp3) is 0.750. The number of aryl methyl sites for hydroxylation is 1. The van der Waals surface area contributed by atoms with Gasteiger partial charge in [0.15, 0.2) is 11.8 Å². The Bertz CT molecular complexity index is 620. The number of amides is 1. The van der Waals surface area contributed by atoms with Gasteiger partial charge in [-0.15, -0.1) is 10.2 Å². The molecule has 1 aromatic heterocycles. The summed E-state index contributed by atoms with van der Waals surface area (Å²) >= 11 is 0. The molecule has 3 heterocycles. The predicted octanol–water partition coefficient (Wildman–Crippen LogP) is 0.464. The summed E-state index contributed by atoms with van der Waals surface area (Å²) in [5.41, 5.74) is 0. The van der Waals surface area contributed by atoms with Gasteiger partial charge in [0.25, 0.3) is 0 Å². The Balaban J connectivity index is 1.60. The molecule has 25 heavy (non-hydrogen) atoms. The SMILES string of the molecule is CCNC(=NCc1nnc2n1CCC2)N1CCN(C(=O)OCC)CC1. The minimum atomic E-state index is -0.233. The van der Waals surface area contributed by atoms with Crippen LogP contribution in [0.5, 0.6) is 0 Å². The van der Waals surface area contributed by atoms with Crippen LogP contribution in [0.1, 0.15) is 31.9 Å². The Labute approximate surface area is 148 Å². The van der Waals surface area contributed by atoms with Crippen molar-refractivity contribution in [2.75, 3.05) is 39.3 Å². The van der Waals surface area contributed by atoms with Crippen LogP contribution in [-0.4, -0.2) is 75.9 Å². The molecule has 2 aliphatic rings. The number of carbonyl (C=O) groups is 1. The van der Waals surface area contributed by atoms with Gasteiger partial charge in [0, 0.05) is 45.7 Å². The summed E-state index contributed by atoms with van der Waals surface area (Å²) in [7, 11) is 0. The van der Waals surface area contributed by atoms with Gasteiger partial charge >= 0.3 is 6.09 Å². The lowest BCUT2D eigenvalue weighted by Crippen LogP contribution is -2.53. The minimum Gasteiger partial charge on any atom is -0.450 e. The van der Waals surface area contributed by atoms with Crippen LogP contribution in [0.25, 0.3) is 0 Å². The molecule has 0 spiro atoms. The first-order valence-corrected chi connectivity index (χ1v) is 9.08. The number of rotatable bonds is 4. The van der Waals surface area contributed by atoms with Crippen LogP contribution in [0.15, 0.2) is 4.99 Å². The summed E-state index contributed by atoms with van der Waals surface area (Å²) < 4.78 is 7.24. The molecule has 0 saturated carbocycles. The van der Waals surface area contributed by atoms with Crippen molar-refractivity contribution >= 4 is 12.1 Å². The zero-order valence-electron chi connectivity index (χ0n) is 15.1. The van der Waals surface area contributed by atoms with E-state index in [1.165, 1.54) is 0 Å². The monoisotopic (exact) mass is 349 g/mol. The van der Waals surface area contributed by atoms with E-state index in [2.05, 4.69) is 31.9 Å². The summed E-state index contributed by atoms with van der Waals surface area (Å²) in [5.74, 6) is 2.85. The number of carbonyl (C=O) groups excluding carboxylic acids is 1. The molecule has 1 N–H and O–H groups in total.